The molecule has 1 aromatic rings. The number of hydrogen-bond acceptors (Lipinski definition) is 3. The van der Waals surface area contributed by atoms with Crippen LogP contribution >= 0.6 is 0 Å². The number of hydrogen-bond donors (Lipinski definition) is 0. The molecular formula is C18H26N2O3. The summed E-state index contributed by atoms with van der Waals surface area (Å²) in [7, 11) is 3.40. The number of benzene rings is 1. The van der Waals surface area contributed by atoms with Crippen LogP contribution in [-0.4, -0.2) is 62.0 Å². The second-order valence-corrected chi connectivity index (χ2v) is 6.13. The van der Waals surface area contributed by atoms with Crippen LogP contribution in [0.15, 0.2) is 30.3 Å². The fourth-order valence-corrected chi connectivity index (χ4v) is 2.93. The van der Waals surface area contributed by atoms with Crippen molar-refractivity contribution in [1.82, 2.24) is 9.80 Å². The topological polar surface area (TPSA) is 49.9 Å². The molecule has 2 rings (SSSR count). The quantitative estimate of drug-likeness (QED) is 0.806. The van der Waals surface area contributed by atoms with Crippen molar-refractivity contribution < 1.29 is 14.3 Å². The lowest BCUT2D eigenvalue weighted by Gasteiger charge is -2.33. The number of ether oxygens (including phenoxy) is 1. The summed E-state index contributed by atoms with van der Waals surface area (Å²) in [6.07, 6.45) is 3.10. The number of likely N-dealkylation sites (tertiary alicyclic amines) is 1. The number of rotatable bonds is 6. The number of nitrogens with zero attached hydrogens (tertiary/aromatic N) is 2. The lowest BCUT2D eigenvalue weighted by molar-refractivity contribution is -0.133. The first-order chi connectivity index (χ1) is 11.1. The number of piperidine rings is 1. The highest BCUT2D eigenvalue weighted by Crippen LogP contribution is 2.20. The molecule has 23 heavy (non-hydrogen) atoms. The zero-order valence-corrected chi connectivity index (χ0v) is 14.0. The molecule has 0 aromatic heterocycles. The first-order valence-electron chi connectivity index (χ1n) is 8.19. The number of likely N-dealkylation sites (N-methyl/N-ethyl adjacent to an activating group) is 1. The fourth-order valence-electron chi connectivity index (χ4n) is 2.93. The van der Waals surface area contributed by atoms with E-state index in [1.54, 1.807) is 26.3 Å². The molecule has 0 atom stereocenters. The molecule has 1 aromatic carbocycles. The first-order valence-corrected chi connectivity index (χ1v) is 8.19. The highest BCUT2D eigenvalue weighted by Gasteiger charge is 2.24. The molecule has 0 aliphatic carbocycles. The molecule has 1 fully saturated rings. The van der Waals surface area contributed by atoms with Crippen molar-refractivity contribution in [3.63, 3.8) is 0 Å². The number of methoxy groups -OCH3 is 1. The maximum atomic E-state index is 12.4. The molecule has 126 valence electrons. The Morgan fingerprint density at radius 3 is 2.48 bits per heavy atom. The Hall–Kier alpha value is -1.88. The summed E-state index contributed by atoms with van der Waals surface area (Å²) in [5, 5.41) is 0. The third-order valence-electron chi connectivity index (χ3n) is 4.44. The van der Waals surface area contributed by atoms with Gasteiger partial charge in [0, 0.05) is 39.4 Å². The second kappa shape index (κ2) is 8.67. The highest BCUT2D eigenvalue weighted by atomic mass is 16.5. The first kappa shape index (κ1) is 17.5. The van der Waals surface area contributed by atoms with Crippen molar-refractivity contribution in [3.05, 3.63) is 35.9 Å². The van der Waals surface area contributed by atoms with Crippen molar-refractivity contribution in [2.24, 2.45) is 5.92 Å². The van der Waals surface area contributed by atoms with E-state index in [1.807, 2.05) is 23.1 Å². The van der Waals surface area contributed by atoms with Crippen molar-refractivity contribution in [2.75, 3.05) is 40.4 Å². The van der Waals surface area contributed by atoms with Gasteiger partial charge in [0.15, 0.2) is 0 Å². The Morgan fingerprint density at radius 2 is 1.87 bits per heavy atom. The van der Waals surface area contributed by atoms with E-state index in [9.17, 15) is 9.59 Å². The minimum atomic E-state index is -0.117. The van der Waals surface area contributed by atoms with Crippen molar-refractivity contribution in [1.29, 1.82) is 0 Å². The van der Waals surface area contributed by atoms with E-state index in [-0.39, 0.29) is 18.4 Å². The molecule has 5 heteroatoms. The van der Waals surface area contributed by atoms with Crippen molar-refractivity contribution in [3.8, 4) is 0 Å². The normalized spacial score (nSPS) is 15.5. The minimum Gasteiger partial charge on any atom is -0.385 e. The third-order valence-corrected chi connectivity index (χ3v) is 4.44. The van der Waals surface area contributed by atoms with Gasteiger partial charge >= 0.3 is 0 Å². The smallest absolute Gasteiger partial charge is 0.254 e. The largest absolute Gasteiger partial charge is 0.385 e. The molecule has 1 saturated heterocycles. The van der Waals surface area contributed by atoms with Gasteiger partial charge in [-0.15, -0.1) is 0 Å². The molecule has 1 aliphatic heterocycles. The maximum absolute atomic E-state index is 12.4. The van der Waals surface area contributed by atoms with E-state index < -0.39 is 0 Å². The van der Waals surface area contributed by atoms with Gasteiger partial charge in [0.2, 0.25) is 5.91 Å². The summed E-state index contributed by atoms with van der Waals surface area (Å²) in [5.41, 5.74) is 0.612. The summed E-state index contributed by atoms with van der Waals surface area (Å²) in [6, 6.07) is 9.06. The molecule has 0 N–H and O–H groups in total. The van der Waals surface area contributed by atoms with Crippen LogP contribution in [0.5, 0.6) is 0 Å². The highest BCUT2D eigenvalue weighted by molar-refractivity contribution is 5.96. The molecule has 1 heterocycles. The Labute approximate surface area is 138 Å². The van der Waals surface area contributed by atoms with Gasteiger partial charge in [0.05, 0.1) is 6.54 Å². The van der Waals surface area contributed by atoms with E-state index in [0.717, 1.165) is 39.0 Å². The standard InChI is InChI=1S/C18H26N2O3/c1-19(18(22)16-6-4-3-5-7-16)14-17(21)20-11-8-15(9-12-20)10-13-23-2/h3-7,15H,8-14H2,1-2H3. The van der Waals surface area contributed by atoms with Crippen LogP contribution in [0.25, 0.3) is 0 Å². The van der Waals surface area contributed by atoms with E-state index in [0.29, 0.717) is 11.5 Å². The van der Waals surface area contributed by atoms with E-state index >= 15 is 0 Å². The van der Waals surface area contributed by atoms with Crippen LogP contribution < -0.4 is 0 Å². The Kier molecular flexibility index (Phi) is 6.59. The summed E-state index contributed by atoms with van der Waals surface area (Å²) in [6.45, 7) is 2.48. The molecule has 0 bridgehead atoms. The van der Waals surface area contributed by atoms with Gasteiger partial charge in [-0.2, -0.15) is 0 Å². The molecule has 0 unspecified atom stereocenters. The van der Waals surface area contributed by atoms with Crippen molar-refractivity contribution >= 4 is 11.8 Å². The van der Waals surface area contributed by atoms with Gasteiger partial charge in [-0.1, -0.05) is 18.2 Å². The predicted octanol–water partition coefficient (Wildman–Crippen LogP) is 2.03. The van der Waals surface area contributed by atoms with Crippen LogP contribution in [0.4, 0.5) is 0 Å². The van der Waals surface area contributed by atoms with E-state index in [4.69, 9.17) is 4.74 Å². The van der Waals surface area contributed by atoms with Gasteiger partial charge in [-0.3, -0.25) is 9.59 Å². The van der Waals surface area contributed by atoms with Gasteiger partial charge in [0.1, 0.15) is 0 Å². The minimum absolute atomic E-state index is 0.0296. The van der Waals surface area contributed by atoms with Gasteiger partial charge in [-0.05, 0) is 37.3 Å². The molecule has 0 radical (unpaired) electrons. The maximum Gasteiger partial charge on any atom is 0.254 e. The van der Waals surface area contributed by atoms with E-state index in [1.165, 1.54) is 4.90 Å². The monoisotopic (exact) mass is 318 g/mol. The third kappa shape index (κ3) is 5.06. The van der Waals surface area contributed by atoms with Crippen LogP contribution in [0.1, 0.15) is 29.6 Å². The molecule has 0 saturated carbocycles. The number of amides is 2. The average Bonchev–Trinajstić information content (AvgIpc) is 2.60. The Morgan fingerprint density at radius 1 is 1.22 bits per heavy atom. The SMILES string of the molecule is COCCC1CCN(C(=O)CN(C)C(=O)c2ccccc2)CC1. The Bertz CT molecular complexity index is 510. The molecule has 1 aliphatic rings. The number of carbonyl (C=O) groups excluding carboxylic acids is 2. The lowest BCUT2D eigenvalue weighted by Crippen LogP contribution is -2.44. The van der Waals surface area contributed by atoms with Crippen LogP contribution in [-0.2, 0) is 9.53 Å². The summed E-state index contributed by atoms with van der Waals surface area (Å²) in [4.78, 5) is 28.0. The molecule has 0 spiro atoms. The molecule has 5 nitrogen and oxygen atoms in total. The second-order valence-electron chi connectivity index (χ2n) is 6.13. The van der Waals surface area contributed by atoms with Crippen molar-refractivity contribution in [2.45, 2.75) is 19.3 Å². The van der Waals surface area contributed by atoms with E-state index in [2.05, 4.69) is 0 Å². The lowest BCUT2D eigenvalue weighted by atomic mass is 9.94. The zero-order valence-electron chi connectivity index (χ0n) is 14.0. The summed E-state index contributed by atoms with van der Waals surface area (Å²) in [5.74, 6) is 0.554. The van der Waals surface area contributed by atoms with Gasteiger partial charge < -0.3 is 14.5 Å². The average molecular weight is 318 g/mol. The van der Waals surface area contributed by atoms with Gasteiger partial charge in [0.25, 0.3) is 5.91 Å². The van der Waals surface area contributed by atoms with Crippen LogP contribution in [0, 0.1) is 5.92 Å². The predicted molar refractivity (Wildman–Crippen MR) is 89.2 cm³/mol. The van der Waals surface area contributed by atoms with Crippen LogP contribution in [0.3, 0.4) is 0 Å². The summed E-state index contributed by atoms with van der Waals surface area (Å²) < 4.78 is 5.12. The van der Waals surface area contributed by atoms with Crippen LogP contribution in [0.2, 0.25) is 0 Å². The molecular weight excluding hydrogens is 292 g/mol. The van der Waals surface area contributed by atoms with Gasteiger partial charge in [-0.25, -0.2) is 0 Å². The molecule has 2 amide bonds. The Balaban J connectivity index is 1.79. The number of carbonyl (C=O) groups is 2. The summed E-state index contributed by atoms with van der Waals surface area (Å²) >= 11 is 0. The zero-order chi connectivity index (χ0) is 16.7. The fraction of sp³-hybridized carbons (Fsp3) is 0.556.